The van der Waals surface area contributed by atoms with Crippen LogP contribution in [0.5, 0.6) is 0 Å². The van der Waals surface area contributed by atoms with Gasteiger partial charge < -0.3 is 15.0 Å². The molecule has 0 spiro atoms. The van der Waals surface area contributed by atoms with Crippen molar-refractivity contribution in [1.29, 1.82) is 0 Å². The number of hydrogen-bond acceptors (Lipinski definition) is 3. The van der Waals surface area contributed by atoms with Crippen LogP contribution in [0.25, 0.3) is 0 Å². The Morgan fingerprint density at radius 2 is 1.89 bits per heavy atom. The summed E-state index contributed by atoms with van der Waals surface area (Å²) in [6.45, 7) is 2.22. The zero-order chi connectivity index (χ0) is 13.0. The van der Waals surface area contributed by atoms with Crippen LogP contribution < -0.4 is 5.32 Å². The topological polar surface area (TPSA) is 58.6 Å². The highest BCUT2D eigenvalue weighted by Gasteiger charge is 2.35. The fourth-order valence-electron chi connectivity index (χ4n) is 2.43. The van der Waals surface area contributed by atoms with E-state index < -0.39 is 0 Å². The highest BCUT2D eigenvalue weighted by Crippen LogP contribution is 2.27. The van der Waals surface area contributed by atoms with E-state index in [4.69, 9.17) is 4.74 Å². The smallest absolute Gasteiger partial charge is 0.325 e. The Kier molecular flexibility index (Phi) is 4.44. The van der Waals surface area contributed by atoms with Crippen LogP contribution in [-0.2, 0) is 9.53 Å². The van der Waals surface area contributed by atoms with Gasteiger partial charge in [-0.3, -0.25) is 4.79 Å². The van der Waals surface area contributed by atoms with Crippen LogP contribution in [0.2, 0.25) is 0 Å². The number of carbonyl (C=O) groups excluding carboxylic acids is 2. The molecule has 0 unspecified atom stereocenters. The van der Waals surface area contributed by atoms with Crippen molar-refractivity contribution in [3.63, 3.8) is 0 Å². The molecule has 2 saturated carbocycles. The van der Waals surface area contributed by atoms with Crippen LogP contribution in [0.4, 0.5) is 4.79 Å². The van der Waals surface area contributed by atoms with Crippen molar-refractivity contribution in [3.05, 3.63) is 0 Å². The molecule has 0 atom stereocenters. The van der Waals surface area contributed by atoms with Crippen LogP contribution in [0, 0.1) is 0 Å². The molecule has 5 nitrogen and oxygen atoms in total. The first-order valence-electron chi connectivity index (χ1n) is 6.93. The van der Waals surface area contributed by atoms with E-state index in [1.165, 1.54) is 12.8 Å². The van der Waals surface area contributed by atoms with Gasteiger partial charge >= 0.3 is 12.0 Å². The van der Waals surface area contributed by atoms with Crippen LogP contribution >= 0.6 is 0 Å². The van der Waals surface area contributed by atoms with Gasteiger partial charge in [0.1, 0.15) is 6.54 Å². The Morgan fingerprint density at radius 1 is 1.22 bits per heavy atom. The Labute approximate surface area is 108 Å². The van der Waals surface area contributed by atoms with Crippen LogP contribution in [0.3, 0.4) is 0 Å². The second kappa shape index (κ2) is 6.07. The second-order valence-corrected chi connectivity index (χ2v) is 5.09. The first kappa shape index (κ1) is 13.2. The van der Waals surface area contributed by atoms with Gasteiger partial charge in [0.15, 0.2) is 0 Å². The summed E-state index contributed by atoms with van der Waals surface area (Å²) < 4.78 is 4.91. The first-order valence-corrected chi connectivity index (χ1v) is 6.93. The number of ether oxygens (including phenoxy) is 1. The maximum Gasteiger partial charge on any atom is 0.325 e. The number of amides is 2. The summed E-state index contributed by atoms with van der Waals surface area (Å²) in [6.07, 6.45) is 6.49. The van der Waals surface area contributed by atoms with Gasteiger partial charge in [-0.1, -0.05) is 12.8 Å². The summed E-state index contributed by atoms with van der Waals surface area (Å²) in [6, 6.07) is 0.425. The van der Waals surface area contributed by atoms with E-state index in [-0.39, 0.29) is 24.6 Å². The number of carbonyl (C=O) groups is 2. The number of nitrogens with zero attached hydrogens (tertiary/aromatic N) is 1. The zero-order valence-corrected chi connectivity index (χ0v) is 11.0. The summed E-state index contributed by atoms with van der Waals surface area (Å²) in [7, 11) is 0. The Morgan fingerprint density at radius 3 is 2.44 bits per heavy atom. The van der Waals surface area contributed by atoms with E-state index in [9.17, 15) is 9.59 Å². The lowest BCUT2D eigenvalue weighted by molar-refractivity contribution is -0.143. The number of esters is 1. The van der Waals surface area contributed by atoms with Crippen LogP contribution in [-0.4, -0.2) is 42.1 Å². The van der Waals surface area contributed by atoms with E-state index in [1.54, 1.807) is 11.8 Å². The number of hydrogen-bond donors (Lipinski definition) is 1. The van der Waals surface area contributed by atoms with Gasteiger partial charge in [0.2, 0.25) is 0 Å². The summed E-state index contributed by atoms with van der Waals surface area (Å²) >= 11 is 0. The van der Waals surface area contributed by atoms with E-state index in [0.29, 0.717) is 12.6 Å². The van der Waals surface area contributed by atoms with Crippen LogP contribution in [0.15, 0.2) is 0 Å². The van der Waals surface area contributed by atoms with Gasteiger partial charge in [-0.25, -0.2) is 4.79 Å². The maximum absolute atomic E-state index is 12.1. The minimum absolute atomic E-state index is 0.0804. The van der Waals surface area contributed by atoms with Crippen molar-refractivity contribution in [2.45, 2.75) is 57.5 Å². The molecule has 2 aliphatic carbocycles. The Bertz CT molecular complexity index is 309. The highest BCUT2D eigenvalue weighted by atomic mass is 16.5. The molecule has 2 fully saturated rings. The molecule has 2 aliphatic rings. The van der Waals surface area contributed by atoms with Crippen molar-refractivity contribution in [3.8, 4) is 0 Å². The molecule has 0 aromatic rings. The van der Waals surface area contributed by atoms with Gasteiger partial charge in [0, 0.05) is 12.1 Å². The lowest BCUT2D eigenvalue weighted by Crippen LogP contribution is -2.47. The molecule has 0 aliphatic heterocycles. The molecule has 0 aromatic heterocycles. The van der Waals surface area contributed by atoms with Crippen molar-refractivity contribution in [2.24, 2.45) is 0 Å². The number of urea groups is 1. The summed E-state index contributed by atoms with van der Waals surface area (Å²) in [4.78, 5) is 25.2. The highest BCUT2D eigenvalue weighted by molar-refractivity contribution is 5.81. The molecule has 0 aromatic carbocycles. The molecule has 5 heteroatoms. The van der Waals surface area contributed by atoms with Crippen molar-refractivity contribution >= 4 is 12.0 Å². The minimum Gasteiger partial charge on any atom is -0.465 e. The number of nitrogens with one attached hydrogen (secondary N) is 1. The Balaban J connectivity index is 1.83. The average molecular weight is 254 g/mol. The Hall–Kier alpha value is -1.26. The van der Waals surface area contributed by atoms with Gasteiger partial charge in [-0.2, -0.15) is 0 Å². The monoisotopic (exact) mass is 254 g/mol. The molecular weight excluding hydrogens is 232 g/mol. The van der Waals surface area contributed by atoms with Crippen molar-refractivity contribution in [1.82, 2.24) is 10.2 Å². The van der Waals surface area contributed by atoms with Crippen molar-refractivity contribution in [2.75, 3.05) is 13.2 Å². The third-order valence-electron chi connectivity index (χ3n) is 3.54. The normalized spacial score (nSPS) is 19.6. The molecule has 1 N–H and O–H groups in total. The molecular formula is C13H22N2O3. The fraction of sp³-hybridized carbons (Fsp3) is 0.846. The van der Waals surface area contributed by atoms with E-state index in [2.05, 4.69) is 5.32 Å². The third kappa shape index (κ3) is 3.62. The fourth-order valence-corrected chi connectivity index (χ4v) is 2.43. The number of rotatable bonds is 5. The molecule has 0 saturated heterocycles. The van der Waals surface area contributed by atoms with E-state index in [1.807, 2.05) is 0 Å². The largest absolute Gasteiger partial charge is 0.465 e. The molecule has 0 bridgehead atoms. The summed E-state index contributed by atoms with van der Waals surface area (Å²) in [5.41, 5.74) is 0. The zero-order valence-electron chi connectivity index (χ0n) is 11.0. The lowest BCUT2D eigenvalue weighted by atomic mass is 10.2. The first-order chi connectivity index (χ1) is 8.70. The SMILES string of the molecule is CCOC(=O)CN(C(=O)NC1CCCC1)C1CC1. The minimum atomic E-state index is -0.314. The average Bonchev–Trinajstić information content (AvgIpc) is 3.05. The predicted molar refractivity (Wildman–Crippen MR) is 67.1 cm³/mol. The quantitative estimate of drug-likeness (QED) is 0.759. The van der Waals surface area contributed by atoms with Gasteiger partial charge in [-0.05, 0) is 32.6 Å². The molecule has 0 radical (unpaired) electrons. The standard InChI is InChI=1S/C13H22N2O3/c1-2-18-12(16)9-15(11-7-8-11)13(17)14-10-5-3-4-6-10/h10-11H,2-9H2,1H3,(H,14,17). The van der Waals surface area contributed by atoms with Gasteiger partial charge in [0.25, 0.3) is 0 Å². The molecule has 102 valence electrons. The van der Waals surface area contributed by atoms with E-state index >= 15 is 0 Å². The molecule has 2 amide bonds. The molecule has 18 heavy (non-hydrogen) atoms. The predicted octanol–water partition coefficient (Wildman–Crippen LogP) is 1.67. The van der Waals surface area contributed by atoms with Gasteiger partial charge in [-0.15, -0.1) is 0 Å². The molecule has 2 rings (SSSR count). The summed E-state index contributed by atoms with van der Waals surface area (Å²) in [5, 5.41) is 3.03. The van der Waals surface area contributed by atoms with Gasteiger partial charge in [0.05, 0.1) is 6.61 Å². The second-order valence-electron chi connectivity index (χ2n) is 5.09. The maximum atomic E-state index is 12.1. The van der Waals surface area contributed by atoms with Crippen molar-refractivity contribution < 1.29 is 14.3 Å². The lowest BCUT2D eigenvalue weighted by Gasteiger charge is -2.24. The molecule has 0 heterocycles. The van der Waals surface area contributed by atoms with E-state index in [0.717, 1.165) is 25.7 Å². The van der Waals surface area contributed by atoms with Crippen LogP contribution in [0.1, 0.15) is 45.4 Å². The third-order valence-corrected chi connectivity index (χ3v) is 3.54. The summed E-state index contributed by atoms with van der Waals surface area (Å²) in [5.74, 6) is -0.314.